The second kappa shape index (κ2) is 10.7. The molecule has 0 unspecified atom stereocenters. The summed E-state index contributed by atoms with van der Waals surface area (Å²) in [5, 5.41) is 5.13. The van der Waals surface area contributed by atoms with Gasteiger partial charge in [-0.2, -0.15) is 5.10 Å². The zero-order valence-electron chi connectivity index (χ0n) is 16.9. The van der Waals surface area contributed by atoms with Gasteiger partial charge in [-0.3, -0.25) is 4.79 Å². The molecule has 1 N–H and O–H groups in total. The molecule has 0 atom stereocenters. The number of benzene rings is 3. The van der Waals surface area contributed by atoms with Crippen LogP contribution in [0.3, 0.4) is 0 Å². The SMILES string of the molecule is COc1ccc(C(=O)NN=Cc2ccccc2OCc2ccc(Cl)cc2Cl)c(OC)c1. The molecule has 0 aromatic heterocycles. The molecule has 0 aliphatic rings. The fraction of sp³-hybridized carbons (Fsp3) is 0.130. The van der Waals surface area contributed by atoms with Crippen LogP contribution in [0, 0.1) is 0 Å². The molecule has 0 spiro atoms. The number of nitrogens with zero attached hydrogens (tertiary/aromatic N) is 1. The quantitative estimate of drug-likeness (QED) is 0.364. The average Bonchev–Trinajstić information content (AvgIpc) is 2.78. The lowest BCUT2D eigenvalue weighted by Gasteiger charge is -2.11. The van der Waals surface area contributed by atoms with Gasteiger partial charge in [0.1, 0.15) is 23.9 Å². The van der Waals surface area contributed by atoms with Gasteiger partial charge in [-0.1, -0.05) is 41.4 Å². The summed E-state index contributed by atoms with van der Waals surface area (Å²) in [7, 11) is 3.02. The van der Waals surface area contributed by atoms with E-state index in [4.69, 9.17) is 37.4 Å². The molecule has 160 valence electrons. The maximum absolute atomic E-state index is 12.5. The van der Waals surface area contributed by atoms with E-state index in [2.05, 4.69) is 10.5 Å². The molecule has 0 aliphatic heterocycles. The number of halogens is 2. The van der Waals surface area contributed by atoms with Crippen molar-refractivity contribution < 1.29 is 19.0 Å². The monoisotopic (exact) mass is 458 g/mol. The van der Waals surface area contributed by atoms with Gasteiger partial charge in [0.05, 0.1) is 26.0 Å². The highest BCUT2D eigenvalue weighted by Crippen LogP contribution is 2.25. The van der Waals surface area contributed by atoms with E-state index in [0.29, 0.717) is 38.4 Å². The van der Waals surface area contributed by atoms with Gasteiger partial charge in [-0.25, -0.2) is 5.43 Å². The fourth-order valence-corrected chi connectivity index (χ4v) is 3.18. The second-order valence-corrected chi connectivity index (χ2v) is 7.17. The number of carbonyl (C=O) groups is 1. The molecule has 3 aromatic rings. The average molecular weight is 459 g/mol. The molecular formula is C23H20Cl2N2O4. The first-order chi connectivity index (χ1) is 15.0. The molecule has 3 aromatic carbocycles. The summed E-state index contributed by atoms with van der Waals surface area (Å²) in [6, 6.07) is 17.5. The summed E-state index contributed by atoms with van der Waals surface area (Å²) in [4.78, 5) is 12.5. The van der Waals surface area contributed by atoms with E-state index in [9.17, 15) is 4.79 Å². The minimum Gasteiger partial charge on any atom is -0.497 e. The Kier molecular flexibility index (Phi) is 7.76. The lowest BCUT2D eigenvalue weighted by molar-refractivity contribution is 0.0952. The summed E-state index contributed by atoms with van der Waals surface area (Å²) in [5.74, 6) is 1.15. The molecule has 0 radical (unpaired) electrons. The molecule has 8 heteroatoms. The number of para-hydroxylation sites is 1. The van der Waals surface area contributed by atoms with Crippen LogP contribution in [0.2, 0.25) is 10.0 Å². The van der Waals surface area contributed by atoms with Crippen LogP contribution in [0.5, 0.6) is 17.2 Å². The van der Waals surface area contributed by atoms with Crippen molar-refractivity contribution in [2.75, 3.05) is 14.2 Å². The molecule has 31 heavy (non-hydrogen) atoms. The van der Waals surface area contributed by atoms with Crippen molar-refractivity contribution >= 4 is 35.3 Å². The number of carbonyl (C=O) groups excluding carboxylic acids is 1. The summed E-state index contributed by atoms with van der Waals surface area (Å²) in [6.07, 6.45) is 1.51. The van der Waals surface area contributed by atoms with Crippen LogP contribution in [0.25, 0.3) is 0 Å². The smallest absolute Gasteiger partial charge is 0.275 e. The number of methoxy groups -OCH3 is 2. The van der Waals surface area contributed by atoms with Gasteiger partial charge in [-0.15, -0.1) is 0 Å². The number of nitrogens with one attached hydrogen (secondary N) is 1. The van der Waals surface area contributed by atoms with E-state index < -0.39 is 5.91 Å². The number of hydrogen-bond acceptors (Lipinski definition) is 5. The maximum Gasteiger partial charge on any atom is 0.275 e. The van der Waals surface area contributed by atoms with Gasteiger partial charge < -0.3 is 14.2 Å². The Morgan fingerprint density at radius 2 is 1.81 bits per heavy atom. The number of hydrogen-bond donors (Lipinski definition) is 1. The zero-order chi connectivity index (χ0) is 22.2. The number of ether oxygens (including phenoxy) is 3. The molecule has 0 saturated heterocycles. The number of amides is 1. The molecule has 0 bridgehead atoms. The van der Waals surface area contributed by atoms with Crippen molar-refractivity contribution in [1.29, 1.82) is 0 Å². The molecule has 3 rings (SSSR count). The third-order valence-electron chi connectivity index (χ3n) is 4.34. The predicted molar refractivity (Wildman–Crippen MR) is 122 cm³/mol. The summed E-state index contributed by atoms with van der Waals surface area (Å²) < 4.78 is 16.3. The minimum atomic E-state index is -0.415. The van der Waals surface area contributed by atoms with Gasteiger partial charge in [0.2, 0.25) is 0 Å². The summed E-state index contributed by atoms with van der Waals surface area (Å²) >= 11 is 12.1. The molecule has 0 fully saturated rings. The normalized spacial score (nSPS) is 10.7. The molecule has 6 nitrogen and oxygen atoms in total. The van der Waals surface area contributed by atoms with Crippen LogP contribution in [0.4, 0.5) is 0 Å². The van der Waals surface area contributed by atoms with Crippen molar-refractivity contribution in [2.45, 2.75) is 6.61 Å². The van der Waals surface area contributed by atoms with Crippen LogP contribution >= 0.6 is 23.2 Å². The van der Waals surface area contributed by atoms with Crippen LogP contribution in [-0.4, -0.2) is 26.3 Å². The Hall–Kier alpha value is -3.22. The first-order valence-electron chi connectivity index (χ1n) is 9.23. The standard InChI is InChI=1S/C23H20Cl2N2O4/c1-29-18-9-10-19(22(12-18)30-2)23(28)27-26-13-15-5-3-4-6-21(15)31-14-16-7-8-17(24)11-20(16)25/h3-13H,14H2,1-2H3,(H,27,28). The second-order valence-electron chi connectivity index (χ2n) is 6.33. The highest BCUT2D eigenvalue weighted by atomic mass is 35.5. The van der Waals surface area contributed by atoms with Crippen LogP contribution < -0.4 is 19.6 Å². The highest BCUT2D eigenvalue weighted by Gasteiger charge is 2.13. The Balaban J connectivity index is 1.68. The predicted octanol–water partition coefficient (Wildman–Crippen LogP) is 5.35. The largest absolute Gasteiger partial charge is 0.497 e. The third kappa shape index (κ3) is 5.90. The molecule has 1 amide bonds. The van der Waals surface area contributed by atoms with E-state index in [1.54, 1.807) is 43.5 Å². The van der Waals surface area contributed by atoms with E-state index in [0.717, 1.165) is 5.56 Å². The Labute approximate surface area is 190 Å². The van der Waals surface area contributed by atoms with Gasteiger partial charge in [0, 0.05) is 27.2 Å². The van der Waals surface area contributed by atoms with Crippen molar-refractivity contribution in [1.82, 2.24) is 5.43 Å². The first kappa shape index (κ1) is 22.5. The Morgan fingerprint density at radius 3 is 2.55 bits per heavy atom. The van der Waals surface area contributed by atoms with Gasteiger partial charge in [0.15, 0.2) is 0 Å². The highest BCUT2D eigenvalue weighted by molar-refractivity contribution is 6.35. The van der Waals surface area contributed by atoms with Gasteiger partial charge in [-0.05, 0) is 36.4 Å². The Morgan fingerprint density at radius 1 is 1.00 bits per heavy atom. The third-order valence-corrected chi connectivity index (χ3v) is 4.93. The molecule has 0 heterocycles. The van der Waals surface area contributed by atoms with E-state index >= 15 is 0 Å². The van der Waals surface area contributed by atoms with Crippen molar-refractivity contribution in [3.8, 4) is 17.2 Å². The van der Waals surface area contributed by atoms with Crippen LogP contribution in [0.15, 0.2) is 65.8 Å². The lowest BCUT2D eigenvalue weighted by atomic mass is 10.2. The maximum atomic E-state index is 12.5. The van der Waals surface area contributed by atoms with Crippen molar-refractivity contribution in [2.24, 2.45) is 5.10 Å². The van der Waals surface area contributed by atoms with Gasteiger partial charge in [0.25, 0.3) is 5.91 Å². The van der Waals surface area contributed by atoms with E-state index in [1.165, 1.54) is 13.3 Å². The topological polar surface area (TPSA) is 69.2 Å². The molecule has 0 saturated carbocycles. The van der Waals surface area contributed by atoms with E-state index in [-0.39, 0.29) is 6.61 Å². The minimum absolute atomic E-state index is 0.260. The summed E-state index contributed by atoms with van der Waals surface area (Å²) in [5.41, 5.74) is 4.32. The Bertz CT molecular complexity index is 1100. The molecular weight excluding hydrogens is 439 g/mol. The zero-order valence-corrected chi connectivity index (χ0v) is 18.4. The number of rotatable bonds is 8. The van der Waals surface area contributed by atoms with Crippen molar-refractivity contribution in [3.63, 3.8) is 0 Å². The van der Waals surface area contributed by atoms with Crippen LogP contribution in [-0.2, 0) is 6.61 Å². The lowest BCUT2D eigenvalue weighted by Crippen LogP contribution is -2.18. The molecule has 0 aliphatic carbocycles. The fourth-order valence-electron chi connectivity index (χ4n) is 2.72. The first-order valence-corrected chi connectivity index (χ1v) is 9.98. The van der Waals surface area contributed by atoms with Crippen LogP contribution in [0.1, 0.15) is 21.5 Å². The summed E-state index contributed by atoms with van der Waals surface area (Å²) in [6.45, 7) is 0.260. The van der Waals surface area contributed by atoms with Gasteiger partial charge >= 0.3 is 0 Å². The van der Waals surface area contributed by atoms with E-state index in [1.807, 2.05) is 24.3 Å². The number of hydrazone groups is 1. The van der Waals surface area contributed by atoms with Crippen molar-refractivity contribution in [3.05, 3.63) is 87.4 Å².